The fourth-order valence-corrected chi connectivity index (χ4v) is 3.15. The Balaban J connectivity index is 1.97. The third-order valence-electron chi connectivity index (χ3n) is 4.44. The summed E-state index contributed by atoms with van der Waals surface area (Å²) in [4.78, 5) is 24.8. The molecule has 2 aromatic rings. The second-order valence-electron chi connectivity index (χ2n) is 6.44. The number of carbonyl (C=O) groups is 2. The van der Waals surface area contributed by atoms with Gasteiger partial charge in [-0.1, -0.05) is 18.2 Å². The third-order valence-corrected chi connectivity index (χ3v) is 4.44. The van der Waals surface area contributed by atoms with E-state index in [-0.39, 0.29) is 31.8 Å². The molecule has 1 fully saturated rings. The molecule has 2 heterocycles. The maximum absolute atomic E-state index is 13.8. The number of aromatic nitrogens is 2. The van der Waals surface area contributed by atoms with Gasteiger partial charge < -0.3 is 14.7 Å². The van der Waals surface area contributed by atoms with E-state index in [9.17, 15) is 22.8 Å². The maximum atomic E-state index is 13.8. The highest BCUT2D eigenvalue weighted by atomic mass is 19.4. The molecule has 1 N–H and O–H groups in total. The van der Waals surface area contributed by atoms with Crippen LogP contribution in [0.1, 0.15) is 28.0 Å². The van der Waals surface area contributed by atoms with Gasteiger partial charge in [-0.25, -0.2) is 4.68 Å². The van der Waals surface area contributed by atoms with E-state index in [0.717, 1.165) is 10.9 Å². The molecule has 0 saturated carbocycles. The second-order valence-corrected chi connectivity index (χ2v) is 6.44. The zero-order chi connectivity index (χ0) is 20.5. The number of hydrogen-bond donors (Lipinski definition) is 1. The van der Waals surface area contributed by atoms with Gasteiger partial charge in [0.25, 0.3) is 5.91 Å². The zero-order valence-electron chi connectivity index (χ0n) is 14.9. The van der Waals surface area contributed by atoms with Gasteiger partial charge in [-0.3, -0.25) is 9.59 Å². The van der Waals surface area contributed by atoms with Crippen molar-refractivity contribution in [2.75, 3.05) is 19.7 Å². The van der Waals surface area contributed by atoms with E-state index in [0.29, 0.717) is 5.56 Å². The van der Waals surface area contributed by atoms with E-state index in [2.05, 4.69) is 5.10 Å². The van der Waals surface area contributed by atoms with Gasteiger partial charge in [0.1, 0.15) is 0 Å². The van der Waals surface area contributed by atoms with Crippen molar-refractivity contribution in [1.82, 2.24) is 14.7 Å². The number of para-hydroxylation sites is 1. The van der Waals surface area contributed by atoms with Crippen molar-refractivity contribution in [3.63, 3.8) is 0 Å². The summed E-state index contributed by atoms with van der Waals surface area (Å²) in [5.41, 5.74) is -0.942. The van der Waals surface area contributed by atoms with E-state index < -0.39 is 35.4 Å². The summed E-state index contributed by atoms with van der Waals surface area (Å²) in [6.45, 7) is 1.67. The first kappa shape index (κ1) is 19.9. The second kappa shape index (κ2) is 7.63. The molecule has 28 heavy (non-hydrogen) atoms. The number of rotatable bonds is 4. The Hall–Kier alpha value is -2.88. The number of carboxylic acid groups (broad SMARTS) is 1. The van der Waals surface area contributed by atoms with Gasteiger partial charge in [0.05, 0.1) is 36.6 Å². The van der Waals surface area contributed by atoms with Gasteiger partial charge in [0, 0.05) is 13.1 Å². The minimum Gasteiger partial charge on any atom is -0.481 e. The van der Waals surface area contributed by atoms with Crippen molar-refractivity contribution in [3.8, 4) is 5.69 Å². The standard InChI is InChI=1S/C18H18F3N3O4/c1-11-4-2-3-5-14(11)24-16(18(19,20)21)13(9-22-24)17(27)23-6-7-28-12(10-23)8-15(25)26/h2-5,9,12H,6-8,10H2,1H3,(H,25,26). The Morgan fingerprint density at radius 2 is 2.04 bits per heavy atom. The van der Waals surface area contributed by atoms with Crippen molar-refractivity contribution in [1.29, 1.82) is 0 Å². The molecular formula is C18H18F3N3O4. The molecular weight excluding hydrogens is 379 g/mol. The minimum absolute atomic E-state index is 0.0525. The molecule has 0 radical (unpaired) electrons. The number of amides is 1. The van der Waals surface area contributed by atoms with Gasteiger partial charge in [0.2, 0.25) is 0 Å². The maximum Gasteiger partial charge on any atom is 0.434 e. The van der Waals surface area contributed by atoms with Gasteiger partial charge >= 0.3 is 12.1 Å². The molecule has 1 aliphatic heterocycles. The van der Waals surface area contributed by atoms with Gasteiger partial charge in [-0.05, 0) is 18.6 Å². The Morgan fingerprint density at radius 3 is 2.68 bits per heavy atom. The summed E-state index contributed by atoms with van der Waals surface area (Å²) in [6, 6.07) is 6.42. The van der Waals surface area contributed by atoms with Crippen molar-refractivity contribution < 1.29 is 32.6 Å². The van der Waals surface area contributed by atoms with Crippen molar-refractivity contribution in [2.45, 2.75) is 25.6 Å². The van der Waals surface area contributed by atoms with Crippen LogP contribution in [0.2, 0.25) is 0 Å². The lowest BCUT2D eigenvalue weighted by molar-refractivity contribution is -0.143. The summed E-state index contributed by atoms with van der Waals surface area (Å²) >= 11 is 0. The molecule has 10 heteroatoms. The Bertz CT molecular complexity index is 894. The molecule has 7 nitrogen and oxygen atoms in total. The van der Waals surface area contributed by atoms with Crippen molar-refractivity contribution in [3.05, 3.63) is 47.3 Å². The van der Waals surface area contributed by atoms with Crippen LogP contribution in [0, 0.1) is 6.92 Å². The molecule has 1 aliphatic rings. The fourth-order valence-electron chi connectivity index (χ4n) is 3.15. The molecule has 1 amide bonds. The van der Waals surface area contributed by atoms with Gasteiger partial charge in [-0.15, -0.1) is 0 Å². The lowest BCUT2D eigenvalue weighted by Crippen LogP contribution is -2.46. The average Bonchev–Trinajstić information content (AvgIpc) is 3.06. The molecule has 1 aromatic heterocycles. The molecule has 150 valence electrons. The van der Waals surface area contributed by atoms with Crippen LogP contribution in [-0.2, 0) is 15.7 Å². The van der Waals surface area contributed by atoms with E-state index >= 15 is 0 Å². The quantitative estimate of drug-likeness (QED) is 0.857. The van der Waals surface area contributed by atoms with Crippen LogP contribution in [-0.4, -0.2) is 57.5 Å². The smallest absolute Gasteiger partial charge is 0.434 e. The number of carboxylic acids is 1. The van der Waals surface area contributed by atoms with Crippen LogP contribution < -0.4 is 0 Å². The number of halogens is 3. The Kier molecular flexibility index (Phi) is 5.41. The largest absolute Gasteiger partial charge is 0.481 e. The number of morpholine rings is 1. The summed E-state index contributed by atoms with van der Waals surface area (Å²) in [7, 11) is 0. The van der Waals surface area contributed by atoms with Crippen LogP contribution in [0.3, 0.4) is 0 Å². The SMILES string of the molecule is Cc1ccccc1-n1ncc(C(=O)N2CCOC(CC(=O)O)C2)c1C(F)(F)F. The molecule has 1 saturated heterocycles. The molecule has 0 spiro atoms. The summed E-state index contributed by atoms with van der Waals surface area (Å²) in [5, 5.41) is 12.7. The van der Waals surface area contributed by atoms with Crippen LogP contribution in [0.15, 0.2) is 30.5 Å². The summed E-state index contributed by atoms with van der Waals surface area (Å²) in [5.74, 6) is -1.96. The number of alkyl halides is 3. The van der Waals surface area contributed by atoms with Gasteiger partial charge in [-0.2, -0.15) is 18.3 Å². The third kappa shape index (κ3) is 4.01. The van der Waals surface area contributed by atoms with Gasteiger partial charge in [0.15, 0.2) is 5.69 Å². The molecule has 3 rings (SSSR count). The Morgan fingerprint density at radius 1 is 1.32 bits per heavy atom. The Labute approximate surface area is 158 Å². The minimum atomic E-state index is -4.81. The van der Waals surface area contributed by atoms with E-state index in [4.69, 9.17) is 9.84 Å². The number of aryl methyl sites for hydroxylation is 1. The first-order valence-corrected chi connectivity index (χ1v) is 8.52. The molecule has 1 unspecified atom stereocenters. The molecule has 0 aliphatic carbocycles. The monoisotopic (exact) mass is 397 g/mol. The lowest BCUT2D eigenvalue weighted by atomic mass is 10.1. The number of nitrogens with zero attached hydrogens (tertiary/aromatic N) is 3. The first-order chi connectivity index (χ1) is 13.2. The number of benzene rings is 1. The van der Waals surface area contributed by atoms with Crippen molar-refractivity contribution in [2.24, 2.45) is 0 Å². The average molecular weight is 397 g/mol. The predicted octanol–water partition coefficient (Wildman–Crippen LogP) is 2.52. The first-order valence-electron chi connectivity index (χ1n) is 8.52. The van der Waals surface area contributed by atoms with Crippen LogP contribution in [0.5, 0.6) is 0 Å². The molecule has 1 aromatic carbocycles. The topological polar surface area (TPSA) is 84.7 Å². The number of hydrogen-bond acceptors (Lipinski definition) is 4. The number of aliphatic carboxylic acids is 1. The highest BCUT2D eigenvalue weighted by Crippen LogP contribution is 2.35. The highest BCUT2D eigenvalue weighted by molar-refractivity contribution is 5.95. The predicted molar refractivity (Wildman–Crippen MR) is 91.2 cm³/mol. The van der Waals surface area contributed by atoms with E-state index in [1.54, 1.807) is 25.1 Å². The number of carbonyl (C=O) groups excluding carboxylic acids is 1. The normalized spacial score (nSPS) is 17.6. The molecule has 1 atom stereocenters. The summed E-state index contributed by atoms with van der Waals surface area (Å²) < 4.78 is 47.4. The number of ether oxygens (including phenoxy) is 1. The van der Waals surface area contributed by atoms with E-state index in [1.165, 1.54) is 11.0 Å². The zero-order valence-corrected chi connectivity index (χ0v) is 14.9. The van der Waals surface area contributed by atoms with E-state index in [1.807, 2.05) is 0 Å². The fraction of sp³-hybridized carbons (Fsp3) is 0.389. The lowest BCUT2D eigenvalue weighted by Gasteiger charge is -2.32. The summed E-state index contributed by atoms with van der Waals surface area (Å²) in [6.07, 6.45) is -5.01. The van der Waals surface area contributed by atoms with Crippen LogP contribution >= 0.6 is 0 Å². The van der Waals surface area contributed by atoms with Crippen molar-refractivity contribution >= 4 is 11.9 Å². The molecule has 0 bridgehead atoms. The van der Waals surface area contributed by atoms with Crippen LogP contribution in [0.4, 0.5) is 13.2 Å². The highest BCUT2D eigenvalue weighted by Gasteiger charge is 2.42. The van der Waals surface area contributed by atoms with Crippen LogP contribution in [0.25, 0.3) is 5.69 Å².